The molecule has 2 unspecified atom stereocenters. The summed E-state index contributed by atoms with van der Waals surface area (Å²) < 4.78 is 32.6. The highest BCUT2D eigenvalue weighted by Gasteiger charge is 2.25. The topological polar surface area (TPSA) is 75.6 Å². The molecule has 5 nitrogen and oxygen atoms in total. The minimum Gasteiger partial charge on any atom is -0.392 e. The van der Waals surface area contributed by atoms with Crippen molar-refractivity contribution in [2.75, 3.05) is 6.61 Å². The van der Waals surface area contributed by atoms with Gasteiger partial charge < -0.3 is 9.84 Å². The first-order valence-electron chi connectivity index (χ1n) is 6.45. The second-order valence-corrected chi connectivity index (χ2v) is 7.06. The van der Waals surface area contributed by atoms with E-state index in [2.05, 4.69) is 4.72 Å². The maximum Gasteiger partial charge on any atom is 0.240 e. The largest absolute Gasteiger partial charge is 0.392 e. The van der Waals surface area contributed by atoms with E-state index in [0.29, 0.717) is 25.0 Å². The standard InChI is InChI=1S/C13H18ClNO4S/c1-9-6-11(4-5-19-9)15-20(17,18)12-3-2-10(8-16)13(14)7-12/h2-3,7,9,11,15-16H,4-6,8H2,1H3. The van der Waals surface area contributed by atoms with Crippen molar-refractivity contribution in [3.63, 3.8) is 0 Å². The van der Waals surface area contributed by atoms with Gasteiger partial charge in [-0.1, -0.05) is 17.7 Å². The molecule has 0 spiro atoms. The molecule has 0 bridgehead atoms. The van der Waals surface area contributed by atoms with E-state index in [1.807, 2.05) is 6.92 Å². The van der Waals surface area contributed by atoms with Gasteiger partial charge in [-0.2, -0.15) is 0 Å². The zero-order valence-corrected chi connectivity index (χ0v) is 12.7. The van der Waals surface area contributed by atoms with E-state index >= 15 is 0 Å². The lowest BCUT2D eigenvalue weighted by molar-refractivity contribution is 0.0173. The third-order valence-corrected chi connectivity index (χ3v) is 5.18. The lowest BCUT2D eigenvalue weighted by atomic mass is 10.1. The van der Waals surface area contributed by atoms with Crippen LogP contribution in [0.25, 0.3) is 0 Å². The molecule has 2 rings (SSSR count). The van der Waals surface area contributed by atoms with Gasteiger partial charge in [-0.05, 0) is 37.5 Å². The number of aliphatic hydroxyl groups is 1. The van der Waals surface area contributed by atoms with Crippen LogP contribution in [0.15, 0.2) is 23.1 Å². The minimum absolute atomic E-state index is 0.0526. The number of benzene rings is 1. The van der Waals surface area contributed by atoms with Crippen molar-refractivity contribution in [3.8, 4) is 0 Å². The summed E-state index contributed by atoms with van der Waals surface area (Å²) in [7, 11) is -3.60. The molecule has 0 radical (unpaired) electrons. The van der Waals surface area contributed by atoms with Gasteiger partial charge in [-0.15, -0.1) is 0 Å². The zero-order valence-electron chi connectivity index (χ0n) is 11.2. The monoisotopic (exact) mass is 319 g/mol. The average molecular weight is 320 g/mol. The van der Waals surface area contributed by atoms with E-state index in [-0.39, 0.29) is 28.7 Å². The summed E-state index contributed by atoms with van der Waals surface area (Å²) >= 11 is 5.93. The van der Waals surface area contributed by atoms with Gasteiger partial charge in [-0.25, -0.2) is 13.1 Å². The van der Waals surface area contributed by atoms with Gasteiger partial charge in [-0.3, -0.25) is 0 Å². The molecule has 1 aliphatic rings. The summed E-state index contributed by atoms with van der Waals surface area (Å²) in [4.78, 5) is 0.110. The van der Waals surface area contributed by atoms with Crippen LogP contribution in [0.4, 0.5) is 0 Å². The van der Waals surface area contributed by atoms with Crippen LogP contribution in [0, 0.1) is 0 Å². The van der Waals surface area contributed by atoms with Crippen molar-refractivity contribution in [3.05, 3.63) is 28.8 Å². The van der Waals surface area contributed by atoms with Gasteiger partial charge in [0.05, 0.1) is 17.6 Å². The number of ether oxygens (including phenoxy) is 1. The van der Waals surface area contributed by atoms with Gasteiger partial charge in [0.1, 0.15) is 0 Å². The Labute approximate surface area is 124 Å². The van der Waals surface area contributed by atoms with Crippen LogP contribution in [-0.2, 0) is 21.4 Å². The molecule has 1 fully saturated rings. The van der Waals surface area contributed by atoms with Crippen molar-refractivity contribution in [2.24, 2.45) is 0 Å². The SMILES string of the molecule is CC1CC(NS(=O)(=O)c2ccc(CO)c(Cl)c2)CCO1. The van der Waals surface area contributed by atoms with Crippen LogP contribution in [0.2, 0.25) is 5.02 Å². The number of hydrogen-bond donors (Lipinski definition) is 2. The van der Waals surface area contributed by atoms with Crippen LogP contribution in [-0.4, -0.2) is 32.3 Å². The highest BCUT2D eigenvalue weighted by molar-refractivity contribution is 7.89. The molecule has 7 heteroatoms. The van der Waals surface area contributed by atoms with E-state index < -0.39 is 10.0 Å². The summed E-state index contributed by atoms with van der Waals surface area (Å²) in [5.41, 5.74) is 0.505. The quantitative estimate of drug-likeness (QED) is 0.885. The predicted molar refractivity (Wildman–Crippen MR) is 76.1 cm³/mol. The molecule has 0 aromatic heterocycles. The van der Waals surface area contributed by atoms with Gasteiger partial charge in [0, 0.05) is 17.7 Å². The van der Waals surface area contributed by atoms with E-state index in [0.717, 1.165) is 0 Å². The molecule has 0 aliphatic carbocycles. The van der Waals surface area contributed by atoms with Crippen LogP contribution < -0.4 is 4.72 Å². The number of halogens is 1. The highest BCUT2D eigenvalue weighted by Crippen LogP contribution is 2.22. The second kappa shape index (κ2) is 6.41. The van der Waals surface area contributed by atoms with Crippen LogP contribution >= 0.6 is 11.6 Å². The molecule has 112 valence electrons. The summed E-state index contributed by atoms with van der Waals surface area (Å²) in [6.07, 6.45) is 1.37. The zero-order chi connectivity index (χ0) is 14.8. The summed E-state index contributed by atoms with van der Waals surface area (Å²) in [6.45, 7) is 2.26. The first-order chi connectivity index (χ1) is 9.42. The van der Waals surface area contributed by atoms with E-state index in [1.165, 1.54) is 18.2 Å². The Morgan fingerprint density at radius 1 is 1.50 bits per heavy atom. The van der Waals surface area contributed by atoms with Gasteiger partial charge in [0.25, 0.3) is 0 Å². The first-order valence-corrected chi connectivity index (χ1v) is 8.31. The lowest BCUT2D eigenvalue weighted by Gasteiger charge is -2.27. The number of hydrogen-bond acceptors (Lipinski definition) is 4. The highest BCUT2D eigenvalue weighted by atomic mass is 35.5. The molecule has 1 heterocycles. The summed E-state index contributed by atoms with van der Waals surface area (Å²) in [5, 5.41) is 9.28. The second-order valence-electron chi connectivity index (χ2n) is 4.94. The van der Waals surface area contributed by atoms with Crippen molar-refractivity contribution in [1.29, 1.82) is 0 Å². The van der Waals surface area contributed by atoms with Crippen LogP contribution in [0.1, 0.15) is 25.3 Å². The minimum atomic E-state index is -3.60. The fourth-order valence-electron chi connectivity index (χ4n) is 2.22. The molecule has 20 heavy (non-hydrogen) atoms. The number of aliphatic hydroxyl groups excluding tert-OH is 1. The third kappa shape index (κ3) is 3.71. The third-order valence-electron chi connectivity index (χ3n) is 3.31. The Morgan fingerprint density at radius 3 is 2.85 bits per heavy atom. The van der Waals surface area contributed by atoms with Gasteiger partial charge in [0.2, 0.25) is 10.0 Å². The van der Waals surface area contributed by atoms with Crippen LogP contribution in [0.5, 0.6) is 0 Å². The molecule has 0 saturated carbocycles. The smallest absolute Gasteiger partial charge is 0.240 e. The molecule has 1 aromatic carbocycles. The molecule has 0 amide bonds. The van der Waals surface area contributed by atoms with E-state index in [9.17, 15) is 8.42 Å². The molecule has 2 atom stereocenters. The van der Waals surface area contributed by atoms with E-state index in [4.69, 9.17) is 21.4 Å². The Hall–Kier alpha value is -0.660. The fourth-order valence-corrected chi connectivity index (χ4v) is 3.83. The molecule has 1 aliphatic heterocycles. The van der Waals surface area contributed by atoms with Crippen molar-refractivity contribution in [2.45, 2.75) is 43.4 Å². The van der Waals surface area contributed by atoms with Crippen molar-refractivity contribution in [1.82, 2.24) is 4.72 Å². The van der Waals surface area contributed by atoms with Gasteiger partial charge >= 0.3 is 0 Å². The Bertz CT molecular complexity index is 576. The average Bonchev–Trinajstić information content (AvgIpc) is 2.38. The normalized spacial score (nSPS) is 23.8. The van der Waals surface area contributed by atoms with Crippen molar-refractivity contribution >= 4 is 21.6 Å². The Morgan fingerprint density at radius 2 is 2.25 bits per heavy atom. The summed E-state index contributed by atoms with van der Waals surface area (Å²) in [5.74, 6) is 0. The number of nitrogens with one attached hydrogen (secondary N) is 1. The van der Waals surface area contributed by atoms with Crippen molar-refractivity contribution < 1.29 is 18.3 Å². The maximum atomic E-state index is 12.3. The number of rotatable bonds is 4. The van der Waals surface area contributed by atoms with Gasteiger partial charge in [0.15, 0.2) is 0 Å². The molecular formula is C13H18ClNO4S. The number of sulfonamides is 1. The Balaban J connectivity index is 2.15. The first kappa shape index (κ1) is 15.7. The lowest BCUT2D eigenvalue weighted by Crippen LogP contribution is -2.41. The molecule has 1 aromatic rings. The molecule has 2 N–H and O–H groups in total. The fraction of sp³-hybridized carbons (Fsp3) is 0.538. The molecular weight excluding hydrogens is 302 g/mol. The molecule has 1 saturated heterocycles. The predicted octanol–water partition coefficient (Wildman–Crippen LogP) is 1.68. The van der Waals surface area contributed by atoms with Crippen LogP contribution in [0.3, 0.4) is 0 Å². The Kier molecular flexibility index (Phi) is 5.04. The van der Waals surface area contributed by atoms with E-state index in [1.54, 1.807) is 0 Å². The summed E-state index contributed by atoms with van der Waals surface area (Å²) in [6, 6.07) is 4.20. The maximum absolute atomic E-state index is 12.3.